The van der Waals surface area contributed by atoms with Gasteiger partial charge in [0.15, 0.2) is 0 Å². The van der Waals surface area contributed by atoms with Crippen LogP contribution in [-0.4, -0.2) is 5.97 Å². The lowest BCUT2D eigenvalue weighted by atomic mass is 10.1. The molecular weight excluding hydrogens is 236 g/mol. The zero-order valence-electron chi connectivity index (χ0n) is 10.5. The van der Waals surface area contributed by atoms with Gasteiger partial charge in [0, 0.05) is 5.56 Å². The largest absolute Gasteiger partial charge is 0.457 e. The fraction of sp³-hybridized carbons (Fsp3) is 0.118. The second-order valence-electron chi connectivity index (χ2n) is 4.54. The number of fused-ring (bicyclic) bond motifs is 2. The van der Waals surface area contributed by atoms with Crippen LogP contribution in [0.1, 0.15) is 27.0 Å². The normalized spacial score (nSPS) is 14.2. The summed E-state index contributed by atoms with van der Waals surface area (Å²) in [5.41, 5.74) is 4.55. The molecule has 1 aliphatic heterocycles. The Morgan fingerprint density at radius 3 is 2.42 bits per heavy atom. The number of rotatable bonds is 0. The van der Waals surface area contributed by atoms with Gasteiger partial charge in [-0.25, -0.2) is 4.79 Å². The molecule has 0 aromatic heterocycles. The molecule has 0 bridgehead atoms. The molecule has 0 saturated heterocycles. The van der Waals surface area contributed by atoms with Crippen molar-refractivity contribution >= 4 is 12.0 Å². The molecule has 0 saturated carbocycles. The van der Waals surface area contributed by atoms with Crippen LogP contribution in [0.3, 0.4) is 0 Å². The van der Waals surface area contributed by atoms with E-state index in [0.29, 0.717) is 12.2 Å². The van der Waals surface area contributed by atoms with E-state index in [0.717, 1.165) is 12.0 Å². The van der Waals surface area contributed by atoms with Crippen LogP contribution in [0.25, 0.3) is 6.08 Å². The fourth-order valence-electron chi connectivity index (χ4n) is 2.26. The Bertz CT molecular complexity index is 641. The third-order valence-corrected chi connectivity index (χ3v) is 3.29. The molecule has 4 rings (SSSR count). The monoisotopic (exact) mass is 250 g/mol. The highest BCUT2D eigenvalue weighted by Crippen LogP contribution is 2.18. The Morgan fingerprint density at radius 2 is 1.63 bits per heavy atom. The highest BCUT2D eigenvalue weighted by molar-refractivity contribution is 5.93. The van der Waals surface area contributed by atoms with Crippen molar-refractivity contribution in [2.24, 2.45) is 0 Å². The van der Waals surface area contributed by atoms with Crippen LogP contribution in [0, 0.1) is 0 Å². The summed E-state index contributed by atoms with van der Waals surface area (Å²) >= 11 is 0. The van der Waals surface area contributed by atoms with Crippen LogP contribution in [-0.2, 0) is 17.8 Å². The minimum Gasteiger partial charge on any atom is -0.457 e. The fourth-order valence-corrected chi connectivity index (χ4v) is 2.26. The summed E-state index contributed by atoms with van der Waals surface area (Å²) in [7, 11) is 0. The molecule has 2 aromatic carbocycles. The number of hydrogen-bond donors (Lipinski definition) is 0. The van der Waals surface area contributed by atoms with Gasteiger partial charge in [0.1, 0.15) is 6.61 Å². The molecule has 0 unspecified atom stereocenters. The molecule has 2 heteroatoms. The predicted molar refractivity (Wildman–Crippen MR) is 74.7 cm³/mol. The van der Waals surface area contributed by atoms with E-state index in [2.05, 4.69) is 36.4 Å². The first-order chi connectivity index (χ1) is 9.34. The second kappa shape index (κ2) is 5.11. The van der Waals surface area contributed by atoms with Crippen LogP contribution in [0.4, 0.5) is 0 Å². The summed E-state index contributed by atoms with van der Waals surface area (Å²) in [5, 5.41) is 0. The van der Waals surface area contributed by atoms with Crippen molar-refractivity contribution < 1.29 is 9.53 Å². The Hall–Kier alpha value is -2.35. The van der Waals surface area contributed by atoms with Gasteiger partial charge in [-0.2, -0.15) is 0 Å². The zero-order valence-corrected chi connectivity index (χ0v) is 10.5. The number of allylic oxidation sites excluding steroid dienone is 1. The molecule has 1 heterocycles. The van der Waals surface area contributed by atoms with Crippen molar-refractivity contribution in [1.82, 2.24) is 0 Å². The number of esters is 1. The molecule has 2 aliphatic rings. The van der Waals surface area contributed by atoms with Crippen LogP contribution < -0.4 is 0 Å². The minimum absolute atomic E-state index is 0.199. The van der Waals surface area contributed by atoms with Crippen molar-refractivity contribution in [1.29, 1.82) is 0 Å². The summed E-state index contributed by atoms with van der Waals surface area (Å²) in [4.78, 5) is 10.8. The van der Waals surface area contributed by atoms with Gasteiger partial charge in [0.05, 0.1) is 5.56 Å². The van der Waals surface area contributed by atoms with Gasteiger partial charge in [-0.3, -0.25) is 0 Å². The van der Waals surface area contributed by atoms with E-state index in [4.69, 9.17) is 4.74 Å². The van der Waals surface area contributed by atoms with Crippen molar-refractivity contribution in [3.8, 4) is 0 Å². The van der Waals surface area contributed by atoms with E-state index in [1.54, 1.807) is 6.07 Å². The van der Waals surface area contributed by atoms with Gasteiger partial charge in [-0.1, -0.05) is 54.6 Å². The van der Waals surface area contributed by atoms with Crippen molar-refractivity contribution in [2.45, 2.75) is 13.0 Å². The smallest absolute Gasteiger partial charge is 0.338 e. The van der Waals surface area contributed by atoms with Gasteiger partial charge >= 0.3 is 5.97 Å². The van der Waals surface area contributed by atoms with Crippen LogP contribution in [0.2, 0.25) is 0 Å². The molecular formula is C17H14O2. The first-order valence-electron chi connectivity index (χ1n) is 6.34. The lowest BCUT2D eigenvalue weighted by molar-refractivity contribution is 0.0535. The number of carbonyl (C=O) groups excluding carboxylic acids is 1. The first kappa shape index (κ1) is 11.7. The lowest BCUT2D eigenvalue weighted by Gasteiger charge is -1.93. The number of carbonyl (C=O) groups is 1. The first-order valence-corrected chi connectivity index (χ1v) is 6.34. The predicted octanol–water partition coefficient (Wildman–Crippen LogP) is 3.61. The minimum atomic E-state index is -0.199. The van der Waals surface area contributed by atoms with E-state index in [1.165, 1.54) is 11.1 Å². The van der Waals surface area contributed by atoms with E-state index < -0.39 is 0 Å². The average Bonchev–Trinajstić information content (AvgIpc) is 3.07. The van der Waals surface area contributed by atoms with Gasteiger partial charge in [-0.05, 0) is 23.6 Å². The third-order valence-electron chi connectivity index (χ3n) is 3.29. The third kappa shape index (κ3) is 2.43. The summed E-state index contributed by atoms with van der Waals surface area (Å²) in [6.07, 6.45) is 5.50. The topological polar surface area (TPSA) is 26.3 Å². The summed E-state index contributed by atoms with van der Waals surface area (Å²) in [5.74, 6) is -0.199. The molecule has 0 N–H and O–H groups in total. The van der Waals surface area contributed by atoms with Crippen LogP contribution in [0.15, 0.2) is 54.6 Å². The molecule has 1 aliphatic carbocycles. The van der Waals surface area contributed by atoms with E-state index in [-0.39, 0.29) is 5.97 Å². The van der Waals surface area contributed by atoms with Crippen molar-refractivity contribution in [2.75, 3.05) is 0 Å². The van der Waals surface area contributed by atoms with Crippen molar-refractivity contribution in [3.63, 3.8) is 0 Å². The highest BCUT2D eigenvalue weighted by atomic mass is 16.5. The SMILES string of the molecule is C1=Cc2ccccc2C1.O=C1OCc2ccccc21. The maximum absolute atomic E-state index is 10.8. The summed E-state index contributed by atoms with van der Waals surface area (Å²) in [6, 6.07) is 15.9. The quantitative estimate of drug-likeness (QED) is 0.668. The molecule has 19 heavy (non-hydrogen) atoms. The maximum Gasteiger partial charge on any atom is 0.338 e. The Kier molecular flexibility index (Phi) is 3.15. The molecule has 2 aromatic rings. The van der Waals surface area contributed by atoms with Gasteiger partial charge in [0.2, 0.25) is 0 Å². The molecule has 0 fully saturated rings. The number of cyclic esters (lactones) is 1. The number of benzene rings is 2. The molecule has 0 radical (unpaired) electrons. The number of hydrogen-bond acceptors (Lipinski definition) is 2. The Morgan fingerprint density at radius 1 is 0.895 bits per heavy atom. The molecule has 94 valence electrons. The molecule has 2 nitrogen and oxygen atoms in total. The highest BCUT2D eigenvalue weighted by Gasteiger charge is 2.18. The molecule has 0 amide bonds. The Balaban J connectivity index is 0.000000117. The van der Waals surface area contributed by atoms with E-state index >= 15 is 0 Å². The second-order valence-corrected chi connectivity index (χ2v) is 4.54. The van der Waals surface area contributed by atoms with Crippen LogP contribution >= 0.6 is 0 Å². The summed E-state index contributed by atoms with van der Waals surface area (Å²) < 4.78 is 4.78. The lowest BCUT2D eigenvalue weighted by Crippen LogP contribution is -1.91. The van der Waals surface area contributed by atoms with Gasteiger partial charge < -0.3 is 4.74 Å². The molecule has 0 atom stereocenters. The van der Waals surface area contributed by atoms with Gasteiger partial charge in [0.25, 0.3) is 0 Å². The van der Waals surface area contributed by atoms with Gasteiger partial charge in [-0.15, -0.1) is 0 Å². The number of ether oxygens (including phenoxy) is 1. The zero-order chi connectivity index (χ0) is 13.1. The Labute approximate surface area is 112 Å². The average molecular weight is 250 g/mol. The summed E-state index contributed by atoms with van der Waals surface area (Å²) in [6.45, 7) is 0.439. The van der Waals surface area contributed by atoms with Crippen LogP contribution in [0.5, 0.6) is 0 Å². The van der Waals surface area contributed by atoms with Crippen molar-refractivity contribution in [3.05, 3.63) is 76.9 Å². The molecule has 0 spiro atoms. The van der Waals surface area contributed by atoms with E-state index in [9.17, 15) is 4.79 Å². The maximum atomic E-state index is 10.8. The van der Waals surface area contributed by atoms with E-state index in [1.807, 2.05) is 18.2 Å². The standard InChI is InChI=1S/C9H8.C8H6O2/c1-2-5-9-7-3-6-8(9)4-1;9-8-7-4-2-1-3-6(7)5-10-8/h1-6H,7H2;1-4H,5H2.